The van der Waals surface area contributed by atoms with Crippen molar-refractivity contribution in [3.05, 3.63) is 34.3 Å². The van der Waals surface area contributed by atoms with Gasteiger partial charge in [-0.3, -0.25) is 4.90 Å². The summed E-state index contributed by atoms with van der Waals surface area (Å²) in [6.07, 6.45) is 2.51. The minimum absolute atomic E-state index is 0.467. The molecular weight excluding hydrogens is 264 g/mol. The summed E-state index contributed by atoms with van der Waals surface area (Å²) < 4.78 is 1.20. The summed E-state index contributed by atoms with van der Waals surface area (Å²) in [6.45, 7) is 1.94. The van der Waals surface area contributed by atoms with E-state index in [2.05, 4.69) is 52.1 Å². The van der Waals surface area contributed by atoms with Crippen molar-refractivity contribution in [2.75, 3.05) is 20.1 Å². The lowest BCUT2D eigenvalue weighted by molar-refractivity contribution is 0.125. The van der Waals surface area contributed by atoms with E-state index >= 15 is 0 Å². The summed E-state index contributed by atoms with van der Waals surface area (Å²) in [5.74, 6) is 0.581. The Balaban J connectivity index is 2.32. The molecule has 0 saturated carbocycles. The van der Waals surface area contributed by atoms with Crippen molar-refractivity contribution >= 4 is 15.9 Å². The number of benzene rings is 1. The molecule has 16 heavy (non-hydrogen) atoms. The van der Waals surface area contributed by atoms with Gasteiger partial charge in [0.15, 0.2) is 0 Å². The smallest absolute Gasteiger partial charge is 0.0396 e. The van der Waals surface area contributed by atoms with Gasteiger partial charge in [-0.05, 0) is 50.5 Å². The Bertz CT molecular complexity index is 354. The number of piperidine rings is 1. The normalized spacial score (nSPS) is 26.9. The van der Waals surface area contributed by atoms with E-state index in [-0.39, 0.29) is 0 Å². The molecule has 0 spiro atoms. The van der Waals surface area contributed by atoms with E-state index in [1.165, 1.54) is 29.4 Å². The van der Waals surface area contributed by atoms with Gasteiger partial charge in [-0.2, -0.15) is 0 Å². The van der Waals surface area contributed by atoms with E-state index in [0.29, 0.717) is 12.0 Å². The monoisotopic (exact) mass is 282 g/mol. The second kappa shape index (κ2) is 5.30. The quantitative estimate of drug-likeness (QED) is 0.904. The highest BCUT2D eigenvalue weighted by molar-refractivity contribution is 9.10. The number of nitrogens with two attached hydrogens (primary N) is 1. The average Bonchev–Trinajstić information content (AvgIpc) is 2.30. The van der Waals surface area contributed by atoms with Gasteiger partial charge in [0.2, 0.25) is 0 Å². The Kier molecular flexibility index (Phi) is 4.00. The van der Waals surface area contributed by atoms with Gasteiger partial charge in [-0.1, -0.05) is 34.1 Å². The van der Waals surface area contributed by atoms with Gasteiger partial charge in [-0.25, -0.2) is 0 Å². The van der Waals surface area contributed by atoms with Crippen LogP contribution in [0.5, 0.6) is 0 Å². The lowest BCUT2D eigenvalue weighted by Crippen LogP contribution is -2.39. The first-order valence-corrected chi connectivity index (χ1v) is 6.68. The molecule has 0 aliphatic carbocycles. The maximum Gasteiger partial charge on any atom is 0.0396 e. The Labute approximate surface area is 106 Å². The molecule has 0 amide bonds. The van der Waals surface area contributed by atoms with Crippen LogP contribution in [0, 0.1) is 5.92 Å². The molecule has 2 nitrogen and oxygen atoms in total. The van der Waals surface area contributed by atoms with Gasteiger partial charge >= 0.3 is 0 Å². The molecule has 2 unspecified atom stereocenters. The number of hydrogen-bond donors (Lipinski definition) is 1. The zero-order valence-electron chi connectivity index (χ0n) is 9.70. The highest BCUT2D eigenvalue weighted by Crippen LogP contribution is 2.37. The Morgan fingerprint density at radius 3 is 2.88 bits per heavy atom. The van der Waals surface area contributed by atoms with Crippen LogP contribution in [0.1, 0.15) is 24.4 Å². The molecule has 1 aliphatic heterocycles. The van der Waals surface area contributed by atoms with Gasteiger partial charge in [0.05, 0.1) is 0 Å². The first kappa shape index (κ1) is 12.1. The molecule has 1 aromatic rings. The van der Waals surface area contributed by atoms with Crippen LogP contribution in [0.4, 0.5) is 0 Å². The van der Waals surface area contributed by atoms with Gasteiger partial charge in [0.1, 0.15) is 0 Å². The summed E-state index contributed by atoms with van der Waals surface area (Å²) >= 11 is 3.65. The fourth-order valence-corrected chi connectivity index (χ4v) is 3.23. The summed E-state index contributed by atoms with van der Waals surface area (Å²) in [4.78, 5) is 2.43. The van der Waals surface area contributed by atoms with Gasteiger partial charge in [0, 0.05) is 10.5 Å². The molecule has 2 atom stereocenters. The van der Waals surface area contributed by atoms with Crippen LogP contribution in [-0.2, 0) is 0 Å². The first-order chi connectivity index (χ1) is 7.74. The summed E-state index contributed by atoms with van der Waals surface area (Å²) in [5.41, 5.74) is 7.28. The van der Waals surface area contributed by atoms with E-state index in [0.717, 1.165) is 6.54 Å². The standard InChI is InChI=1S/C13H19BrN2/c1-16-8-4-5-10(9-15)13(16)11-6-2-3-7-12(11)14/h2-3,6-7,10,13H,4-5,8-9,15H2,1H3. The van der Waals surface area contributed by atoms with Crippen LogP contribution in [0.3, 0.4) is 0 Å². The predicted molar refractivity (Wildman–Crippen MR) is 71.3 cm³/mol. The second-order valence-corrected chi connectivity index (χ2v) is 5.44. The van der Waals surface area contributed by atoms with Crippen LogP contribution < -0.4 is 5.73 Å². The van der Waals surface area contributed by atoms with Crippen LogP contribution >= 0.6 is 15.9 Å². The van der Waals surface area contributed by atoms with Crippen molar-refractivity contribution in [3.8, 4) is 0 Å². The Morgan fingerprint density at radius 2 is 2.19 bits per heavy atom. The van der Waals surface area contributed by atoms with Gasteiger partial charge in [0.25, 0.3) is 0 Å². The number of hydrogen-bond acceptors (Lipinski definition) is 2. The van der Waals surface area contributed by atoms with Crippen molar-refractivity contribution in [2.24, 2.45) is 11.7 Å². The molecular formula is C13H19BrN2. The maximum absolute atomic E-state index is 5.90. The van der Waals surface area contributed by atoms with Crippen LogP contribution in [0.15, 0.2) is 28.7 Å². The van der Waals surface area contributed by atoms with Crippen molar-refractivity contribution in [3.63, 3.8) is 0 Å². The molecule has 2 rings (SSSR count). The summed E-state index contributed by atoms with van der Waals surface area (Å²) in [7, 11) is 2.20. The topological polar surface area (TPSA) is 29.3 Å². The maximum atomic E-state index is 5.90. The number of likely N-dealkylation sites (tertiary alicyclic amines) is 1. The van der Waals surface area contributed by atoms with Crippen LogP contribution in [0.25, 0.3) is 0 Å². The van der Waals surface area contributed by atoms with E-state index in [1.54, 1.807) is 0 Å². The van der Waals surface area contributed by atoms with E-state index < -0.39 is 0 Å². The van der Waals surface area contributed by atoms with Crippen molar-refractivity contribution < 1.29 is 0 Å². The Morgan fingerprint density at radius 1 is 1.44 bits per heavy atom. The molecule has 88 valence electrons. The fourth-order valence-electron chi connectivity index (χ4n) is 2.71. The number of nitrogens with zero attached hydrogens (tertiary/aromatic N) is 1. The minimum Gasteiger partial charge on any atom is -0.330 e. The zero-order chi connectivity index (χ0) is 11.5. The molecule has 1 saturated heterocycles. The molecule has 3 heteroatoms. The third-order valence-electron chi connectivity index (χ3n) is 3.53. The fraction of sp³-hybridized carbons (Fsp3) is 0.538. The highest BCUT2D eigenvalue weighted by atomic mass is 79.9. The van der Waals surface area contributed by atoms with Gasteiger partial charge in [-0.15, -0.1) is 0 Å². The minimum atomic E-state index is 0.467. The Hall–Kier alpha value is -0.380. The largest absolute Gasteiger partial charge is 0.330 e. The molecule has 1 aromatic carbocycles. The van der Waals surface area contributed by atoms with Crippen molar-refractivity contribution in [1.82, 2.24) is 4.90 Å². The molecule has 0 bridgehead atoms. The molecule has 2 N–H and O–H groups in total. The molecule has 1 fully saturated rings. The van der Waals surface area contributed by atoms with Crippen LogP contribution in [-0.4, -0.2) is 25.0 Å². The molecule has 1 aliphatic rings. The third-order valence-corrected chi connectivity index (χ3v) is 4.26. The molecule has 0 aromatic heterocycles. The lowest BCUT2D eigenvalue weighted by atomic mass is 9.85. The predicted octanol–water partition coefficient (Wildman–Crippen LogP) is 2.79. The third kappa shape index (κ3) is 2.31. The van der Waals surface area contributed by atoms with E-state index in [1.807, 2.05) is 0 Å². The second-order valence-electron chi connectivity index (χ2n) is 4.58. The number of halogens is 1. The first-order valence-electron chi connectivity index (χ1n) is 5.88. The van der Waals surface area contributed by atoms with Crippen molar-refractivity contribution in [2.45, 2.75) is 18.9 Å². The summed E-state index contributed by atoms with van der Waals surface area (Å²) in [6, 6.07) is 8.96. The number of rotatable bonds is 2. The van der Waals surface area contributed by atoms with E-state index in [4.69, 9.17) is 5.73 Å². The van der Waals surface area contributed by atoms with Gasteiger partial charge < -0.3 is 5.73 Å². The van der Waals surface area contributed by atoms with Crippen molar-refractivity contribution in [1.29, 1.82) is 0 Å². The van der Waals surface area contributed by atoms with Crippen LogP contribution in [0.2, 0.25) is 0 Å². The summed E-state index contributed by atoms with van der Waals surface area (Å²) in [5, 5.41) is 0. The highest BCUT2D eigenvalue weighted by Gasteiger charge is 2.30. The molecule has 1 heterocycles. The zero-order valence-corrected chi connectivity index (χ0v) is 11.3. The SMILES string of the molecule is CN1CCCC(CN)C1c1ccccc1Br. The molecule has 0 radical (unpaired) electrons. The average molecular weight is 283 g/mol. The lowest BCUT2D eigenvalue weighted by Gasteiger charge is -2.39. The van der Waals surface area contributed by atoms with E-state index in [9.17, 15) is 0 Å².